The SMILES string of the molecule is CCC(C)(O)c1cccn(C)c1=O. The smallest absolute Gasteiger partial charge is 0.256 e. The van der Waals surface area contributed by atoms with Crippen molar-refractivity contribution in [2.24, 2.45) is 7.05 Å². The van der Waals surface area contributed by atoms with E-state index in [2.05, 4.69) is 0 Å². The normalized spacial score (nSPS) is 15.4. The van der Waals surface area contributed by atoms with E-state index in [1.165, 1.54) is 4.57 Å². The highest BCUT2D eigenvalue weighted by atomic mass is 16.3. The molecule has 0 aromatic carbocycles. The zero-order chi connectivity index (χ0) is 10.1. The van der Waals surface area contributed by atoms with Crippen LogP contribution in [0.3, 0.4) is 0 Å². The highest BCUT2D eigenvalue weighted by Gasteiger charge is 2.23. The van der Waals surface area contributed by atoms with E-state index < -0.39 is 5.60 Å². The quantitative estimate of drug-likeness (QED) is 0.739. The van der Waals surface area contributed by atoms with Crippen LogP contribution in [0.2, 0.25) is 0 Å². The van der Waals surface area contributed by atoms with Gasteiger partial charge in [-0.1, -0.05) is 6.92 Å². The maximum atomic E-state index is 11.6. The maximum Gasteiger partial charge on any atom is 0.256 e. The van der Waals surface area contributed by atoms with Gasteiger partial charge < -0.3 is 9.67 Å². The van der Waals surface area contributed by atoms with E-state index in [1.807, 2.05) is 6.92 Å². The Morgan fingerprint density at radius 1 is 1.62 bits per heavy atom. The molecule has 0 aliphatic heterocycles. The van der Waals surface area contributed by atoms with E-state index in [0.717, 1.165) is 0 Å². The Bertz CT molecular complexity index is 352. The zero-order valence-electron chi connectivity index (χ0n) is 8.24. The molecule has 0 aliphatic rings. The Balaban J connectivity index is 3.31. The van der Waals surface area contributed by atoms with Crippen molar-refractivity contribution in [3.8, 4) is 0 Å². The summed E-state index contributed by atoms with van der Waals surface area (Å²) in [5.74, 6) is 0. The molecular weight excluding hydrogens is 166 g/mol. The minimum atomic E-state index is -1.02. The summed E-state index contributed by atoms with van der Waals surface area (Å²) >= 11 is 0. The monoisotopic (exact) mass is 181 g/mol. The second-order valence-electron chi connectivity index (χ2n) is 3.47. The fourth-order valence-electron chi connectivity index (χ4n) is 1.20. The molecule has 3 nitrogen and oxygen atoms in total. The lowest BCUT2D eigenvalue weighted by Gasteiger charge is -2.21. The number of nitrogens with zero attached hydrogens (tertiary/aromatic N) is 1. The molecule has 0 saturated carbocycles. The lowest BCUT2D eigenvalue weighted by atomic mass is 9.95. The first-order valence-electron chi connectivity index (χ1n) is 4.37. The van der Waals surface area contributed by atoms with Crippen LogP contribution < -0.4 is 5.56 Å². The van der Waals surface area contributed by atoms with Gasteiger partial charge in [-0.25, -0.2) is 0 Å². The Morgan fingerprint density at radius 2 is 2.23 bits per heavy atom. The molecule has 0 saturated heterocycles. The molecule has 0 fully saturated rings. The molecule has 1 atom stereocenters. The molecule has 1 heterocycles. The van der Waals surface area contributed by atoms with Crippen molar-refractivity contribution >= 4 is 0 Å². The third-order valence-corrected chi connectivity index (χ3v) is 2.39. The van der Waals surface area contributed by atoms with Gasteiger partial charge >= 0.3 is 0 Å². The van der Waals surface area contributed by atoms with Gasteiger partial charge in [0.05, 0.1) is 5.60 Å². The summed E-state index contributed by atoms with van der Waals surface area (Å²) in [6.45, 7) is 3.51. The third-order valence-electron chi connectivity index (χ3n) is 2.39. The molecule has 1 aromatic heterocycles. The maximum absolute atomic E-state index is 11.6. The highest BCUT2D eigenvalue weighted by molar-refractivity contribution is 5.17. The van der Waals surface area contributed by atoms with Gasteiger partial charge in [-0.05, 0) is 25.5 Å². The van der Waals surface area contributed by atoms with Gasteiger partial charge in [-0.2, -0.15) is 0 Å². The van der Waals surface area contributed by atoms with Crippen LogP contribution in [0.25, 0.3) is 0 Å². The predicted octanol–water partition coefficient (Wildman–Crippen LogP) is 1.00. The van der Waals surface area contributed by atoms with Gasteiger partial charge in [0.15, 0.2) is 0 Å². The van der Waals surface area contributed by atoms with E-state index in [0.29, 0.717) is 12.0 Å². The van der Waals surface area contributed by atoms with E-state index >= 15 is 0 Å². The number of pyridine rings is 1. The van der Waals surface area contributed by atoms with Gasteiger partial charge in [0.2, 0.25) is 0 Å². The van der Waals surface area contributed by atoms with E-state index in [-0.39, 0.29) is 5.56 Å². The second kappa shape index (κ2) is 3.34. The fourth-order valence-corrected chi connectivity index (χ4v) is 1.20. The zero-order valence-corrected chi connectivity index (χ0v) is 8.24. The number of hydrogen-bond donors (Lipinski definition) is 1. The highest BCUT2D eigenvalue weighted by Crippen LogP contribution is 2.19. The minimum Gasteiger partial charge on any atom is -0.385 e. The van der Waals surface area contributed by atoms with Crippen molar-refractivity contribution in [2.45, 2.75) is 25.9 Å². The fraction of sp³-hybridized carbons (Fsp3) is 0.500. The summed E-state index contributed by atoms with van der Waals surface area (Å²) in [6, 6.07) is 3.44. The van der Waals surface area contributed by atoms with Crippen LogP contribution in [0.5, 0.6) is 0 Å². The van der Waals surface area contributed by atoms with Crippen LogP contribution in [0.4, 0.5) is 0 Å². The molecule has 1 unspecified atom stereocenters. The van der Waals surface area contributed by atoms with E-state index in [4.69, 9.17) is 0 Å². The standard InChI is InChI=1S/C10H15NO2/c1-4-10(2,13)8-6-5-7-11(3)9(8)12/h5-7,13H,4H2,1-3H3. The van der Waals surface area contributed by atoms with E-state index in [1.54, 1.807) is 32.3 Å². The molecular formula is C10H15NO2. The summed E-state index contributed by atoms with van der Waals surface area (Å²) in [4.78, 5) is 11.6. The molecule has 0 bridgehead atoms. The van der Waals surface area contributed by atoms with E-state index in [9.17, 15) is 9.90 Å². The summed E-state index contributed by atoms with van der Waals surface area (Å²) in [6.07, 6.45) is 2.21. The number of aromatic nitrogens is 1. The molecule has 0 aliphatic carbocycles. The topological polar surface area (TPSA) is 42.2 Å². The lowest BCUT2D eigenvalue weighted by Crippen LogP contribution is -2.31. The number of rotatable bonds is 2. The van der Waals surface area contributed by atoms with Crippen molar-refractivity contribution in [1.82, 2.24) is 4.57 Å². The van der Waals surface area contributed by atoms with Crippen molar-refractivity contribution in [1.29, 1.82) is 0 Å². The van der Waals surface area contributed by atoms with Crippen LogP contribution >= 0.6 is 0 Å². The first-order chi connectivity index (χ1) is 5.99. The summed E-state index contributed by atoms with van der Waals surface area (Å²) in [7, 11) is 1.68. The third kappa shape index (κ3) is 1.80. The molecule has 0 spiro atoms. The predicted molar refractivity (Wildman–Crippen MR) is 51.5 cm³/mol. The Morgan fingerprint density at radius 3 is 2.77 bits per heavy atom. The van der Waals surface area contributed by atoms with Crippen molar-refractivity contribution in [3.63, 3.8) is 0 Å². The van der Waals surface area contributed by atoms with Crippen molar-refractivity contribution in [2.75, 3.05) is 0 Å². The van der Waals surface area contributed by atoms with Crippen LogP contribution in [0, 0.1) is 0 Å². The van der Waals surface area contributed by atoms with Crippen LogP contribution in [0.1, 0.15) is 25.8 Å². The van der Waals surface area contributed by atoms with Gasteiger partial charge in [0, 0.05) is 18.8 Å². The van der Waals surface area contributed by atoms with Crippen LogP contribution in [0.15, 0.2) is 23.1 Å². The molecule has 0 radical (unpaired) electrons. The minimum absolute atomic E-state index is 0.130. The Kier molecular flexibility index (Phi) is 2.57. The largest absolute Gasteiger partial charge is 0.385 e. The molecule has 0 amide bonds. The Hall–Kier alpha value is -1.09. The molecule has 1 aromatic rings. The number of aliphatic hydroxyl groups is 1. The van der Waals surface area contributed by atoms with Crippen molar-refractivity contribution < 1.29 is 5.11 Å². The van der Waals surface area contributed by atoms with Gasteiger partial charge in [-0.3, -0.25) is 4.79 Å². The number of hydrogen-bond acceptors (Lipinski definition) is 2. The first-order valence-corrected chi connectivity index (χ1v) is 4.37. The summed E-state index contributed by atoms with van der Waals surface area (Å²) in [5.41, 5.74) is -0.690. The molecule has 1 rings (SSSR count). The average Bonchev–Trinajstić information content (AvgIpc) is 2.09. The molecule has 13 heavy (non-hydrogen) atoms. The van der Waals surface area contributed by atoms with Gasteiger partial charge in [0.1, 0.15) is 0 Å². The lowest BCUT2D eigenvalue weighted by molar-refractivity contribution is 0.0512. The number of aryl methyl sites for hydroxylation is 1. The van der Waals surface area contributed by atoms with Gasteiger partial charge in [-0.15, -0.1) is 0 Å². The van der Waals surface area contributed by atoms with Crippen LogP contribution in [-0.4, -0.2) is 9.67 Å². The summed E-state index contributed by atoms with van der Waals surface area (Å²) < 4.78 is 1.47. The summed E-state index contributed by atoms with van der Waals surface area (Å²) in [5, 5.41) is 9.89. The Labute approximate surface area is 77.6 Å². The average molecular weight is 181 g/mol. The second-order valence-corrected chi connectivity index (χ2v) is 3.47. The molecule has 3 heteroatoms. The van der Waals surface area contributed by atoms with Gasteiger partial charge in [0.25, 0.3) is 5.56 Å². The molecule has 1 N–H and O–H groups in total. The van der Waals surface area contributed by atoms with Crippen molar-refractivity contribution in [3.05, 3.63) is 34.2 Å². The first kappa shape index (κ1) is 9.99. The van der Waals surface area contributed by atoms with Crippen LogP contribution in [-0.2, 0) is 12.6 Å². The molecule has 72 valence electrons.